The van der Waals surface area contributed by atoms with Crippen LogP contribution >= 0.6 is 11.8 Å². The van der Waals surface area contributed by atoms with Gasteiger partial charge in [0.25, 0.3) is 5.91 Å². The monoisotopic (exact) mass is 391 g/mol. The van der Waals surface area contributed by atoms with Gasteiger partial charge in [-0.05, 0) is 42.7 Å². The zero-order valence-electron chi connectivity index (χ0n) is 15.3. The van der Waals surface area contributed by atoms with E-state index in [4.69, 9.17) is 0 Å². The van der Waals surface area contributed by atoms with Gasteiger partial charge in [-0.1, -0.05) is 17.8 Å². The third-order valence-electron chi connectivity index (χ3n) is 4.34. The molecule has 1 amide bonds. The smallest absolute Gasteiger partial charge is 0.276 e. The molecule has 0 aliphatic heterocycles. The predicted octanol–water partition coefficient (Wildman–Crippen LogP) is 3.27. The lowest BCUT2D eigenvalue weighted by atomic mass is 10.1. The molecule has 4 rings (SSSR count). The largest absolute Gasteiger partial charge is 0.331 e. The van der Waals surface area contributed by atoms with E-state index in [1.165, 1.54) is 11.8 Å². The first-order chi connectivity index (χ1) is 13.6. The lowest BCUT2D eigenvalue weighted by molar-refractivity contribution is 0.101. The van der Waals surface area contributed by atoms with Crippen molar-refractivity contribution in [3.8, 4) is 0 Å². The van der Waals surface area contributed by atoms with Gasteiger partial charge in [0.05, 0.1) is 5.52 Å². The van der Waals surface area contributed by atoms with Crippen molar-refractivity contribution < 1.29 is 9.59 Å². The topological polar surface area (TPSA) is 81.3 Å². The number of carbonyl (C=O) groups is 2. The molecule has 0 saturated heterocycles. The molecule has 3 aromatic heterocycles. The second kappa shape index (κ2) is 7.32. The maximum absolute atomic E-state index is 12.7. The summed E-state index contributed by atoms with van der Waals surface area (Å²) in [5.41, 5.74) is 2.19. The van der Waals surface area contributed by atoms with Gasteiger partial charge in [-0.15, -0.1) is 0 Å². The van der Waals surface area contributed by atoms with Gasteiger partial charge in [0, 0.05) is 36.9 Å². The van der Waals surface area contributed by atoms with Gasteiger partial charge in [-0.2, -0.15) is 0 Å². The van der Waals surface area contributed by atoms with Crippen LogP contribution in [0.15, 0.2) is 66.2 Å². The molecule has 0 spiro atoms. The zero-order chi connectivity index (χ0) is 19.7. The van der Waals surface area contributed by atoms with Gasteiger partial charge in [0.15, 0.2) is 16.7 Å². The van der Waals surface area contributed by atoms with Crippen molar-refractivity contribution in [2.24, 2.45) is 7.05 Å². The van der Waals surface area contributed by atoms with Crippen molar-refractivity contribution in [1.29, 1.82) is 0 Å². The summed E-state index contributed by atoms with van der Waals surface area (Å²) >= 11 is 1.47. The van der Waals surface area contributed by atoms with Crippen molar-refractivity contribution in [3.63, 3.8) is 0 Å². The molecule has 0 aliphatic carbocycles. The van der Waals surface area contributed by atoms with Crippen LogP contribution in [-0.4, -0.2) is 36.9 Å². The van der Waals surface area contributed by atoms with Crippen molar-refractivity contribution in [2.45, 2.75) is 5.16 Å². The number of aryl methyl sites for hydroxylation is 1. The fourth-order valence-corrected chi connectivity index (χ4v) is 3.47. The molecular weight excluding hydrogens is 374 g/mol. The number of aromatic nitrogens is 4. The van der Waals surface area contributed by atoms with E-state index in [0.717, 1.165) is 10.7 Å². The maximum Gasteiger partial charge on any atom is 0.276 e. The molecule has 0 saturated carbocycles. The lowest BCUT2D eigenvalue weighted by Gasteiger charge is -2.06. The van der Waals surface area contributed by atoms with E-state index in [9.17, 15) is 9.59 Å². The molecule has 7 nitrogen and oxygen atoms in total. The molecule has 8 heteroatoms. The van der Waals surface area contributed by atoms with Gasteiger partial charge in [-0.25, -0.2) is 9.97 Å². The number of thioether (sulfide) groups is 1. The van der Waals surface area contributed by atoms with Crippen molar-refractivity contribution >= 4 is 34.7 Å². The molecule has 3 heterocycles. The number of carbonyl (C=O) groups excluding carboxylic acids is 2. The third-order valence-corrected chi connectivity index (χ3v) is 5.00. The fraction of sp³-hybridized carbons (Fsp3) is 0.100. The number of amides is 1. The minimum absolute atomic E-state index is 0.171. The van der Waals surface area contributed by atoms with E-state index in [2.05, 4.69) is 15.3 Å². The number of nitrogens with zero attached hydrogens (tertiary/aromatic N) is 4. The van der Waals surface area contributed by atoms with Crippen LogP contribution in [0.3, 0.4) is 0 Å². The first-order valence-corrected chi connectivity index (χ1v) is 9.75. The first kappa shape index (κ1) is 18.0. The number of pyridine rings is 1. The SMILES string of the molecule is CSc1nc(C(=O)Nc2ccc(C(=O)c3nccn3C)cc2)c2ccccn12. The van der Waals surface area contributed by atoms with E-state index in [1.807, 2.05) is 35.1 Å². The molecule has 0 unspecified atom stereocenters. The van der Waals surface area contributed by atoms with Crippen LogP contribution < -0.4 is 5.32 Å². The van der Waals surface area contributed by atoms with Crippen molar-refractivity contribution in [3.05, 3.63) is 78.1 Å². The van der Waals surface area contributed by atoms with Gasteiger partial charge in [0.2, 0.25) is 5.78 Å². The highest BCUT2D eigenvalue weighted by molar-refractivity contribution is 7.98. The lowest BCUT2D eigenvalue weighted by Crippen LogP contribution is -2.13. The second-order valence-electron chi connectivity index (χ2n) is 6.13. The van der Waals surface area contributed by atoms with E-state index < -0.39 is 0 Å². The standard InChI is InChI=1S/C20H17N5O2S/c1-24-12-10-21-18(24)17(26)13-6-8-14(9-7-13)22-19(27)16-15-5-3-4-11-25(15)20(23-16)28-2/h3-12H,1-2H3,(H,22,27). The minimum Gasteiger partial charge on any atom is -0.331 e. The average molecular weight is 391 g/mol. The number of nitrogens with one attached hydrogen (secondary N) is 1. The van der Waals surface area contributed by atoms with Crippen molar-refractivity contribution in [1.82, 2.24) is 18.9 Å². The average Bonchev–Trinajstić information content (AvgIpc) is 3.31. The van der Waals surface area contributed by atoms with Crippen LogP contribution in [-0.2, 0) is 7.05 Å². The molecule has 140 valence electrons. The van der Waals surface area contributed by atoms with Crippen LogP contribution in [0.2, 0.25) is 0 Å². The van der Waals surface area contributed by atoms with Gasteiger partial charge in [0.1, 0.15) is 0 Å². The third kappa shape index (κ3) is 3.18. The van der Waals surface area contributed by atoms with Crippen LogP contribution in [0, 0.1) is 0 Å². The number of anilines is 1. The zero-order valence-corrected chi connectivity index (χ0v) is 16.1. The molecule has 1 aromatic carbocycles. The normalized spacial score (nSPS) is 10.9. The van der Waals surface area contributed by atoms with E-state index in [-0.39, 0.29) is 11.7 Å². The molecule has 28 heavy (non-hydrogen) atoms. The Balaban J connectivity index is 1.56. The van der Waals surface area contributed by atoms with Gasteiger partial charge >= 0.3 is 0 Å². The quantitative estimate of drug-likeness (QED) is 0.417. The highest BCUT2D eigenvalue weighted by Gasteiger charge is 2.18. The minimum atomic E-state index is -0.299. The summed E-state index contributed by atoms with van der Waals surface area (Å²) in [6, 6.07) is 12.4. The fourth-order valence-electron chi connectivity index (χ4n) is 2.93. The Bertz CT molecular complexity index is 1180. The Labute approximate surface area is 165 Å². The summed E-state index contributed by atoms with van der Waals surface area (Å²) in [6.07, 6.45) is 7.10. The summed E-state index contributed by atoms with van der Waals surface area (Å²) in [5, 5.41) is 3.59. The van der Waals surface area contributed by atoms with Gasteiger partial charge < -0.3 is 9.88 Å². The van der Waals surface area contributed by atoms with Crippen molar-refractivity contribution in [2.75, 3.05) is 11.6 Å². The predicted molar refractivity (Wildman–Crippen MR) is 108 cm³/mol. The molecule has 0 radical (unpaired) electrons. The Morgan fingerprint density at radius 2 is 1.86 bits per heavy atom. The Hall–Kier alpha value is -3.39. The Morgan fingerprint density at radius 3 is 2.54 bits per heavy atom. The first-order valence-electron chi connectivity index (χ1n) is 8.53. The molecule has 0 aliphatic rings. The second-order valence-corrected chi connectivity index (χ2v) is 6.90. The summed E-state index contributed by atoms with van der Waals surface area (Å²) in [6.45, 7) is 0. The van der Waals surface area contributed by atoms with Crippen LogP contribution in [0.5, 0.6) is 0 Å². The highest BCUT2D eigenvalue weighted by Crippen LogP contribution is 2.21. The van der Waals surface area contributed by atoms with E-state index >= 15 is 0 Å². The van der Waals surface area contributed by atoms with Crippen LogP contribution in [0.4, 0.5) is 5.69 Å². The van der Waals surface area contributed by atoms with Gasteiger partial charge in [-0.3, -0.25) is 14.0 Å². The molecule has 0 fully saturated rings. The highest BCUT2D eigenvalue weighted by atomic mass is 32.2. The summed E-state index contributed by atoms with van der Waals surface area (Å²) in [5.74, 6) is -0.104. The number of benzene rings is 1. The van der Waals surface area contributed by atoms with E-state index in [0.29, 0.717) is 22.8 Å². The summed E-state index contributed by atoms with van der Waals surface area (Å²) < 4.78 is 3.55. The maximum atomic E-state index is 12.7. The Morgan fingerprint density at radius 1 is 1.07 bits per heavy atom. The number of rotatable bonds is 5. The summed E-state index contributed by atoms with van der Waals surface area (Å²) in [4.78, 5) is 33.7. The molecule has 0 bridgehead atoms. The number of hydrogen-bond acceptors (Lipinski definition) is 5. The molecule has 1 N–H and O–H groups in total. The molecular formula is C20H17N5O2S. The number of fused-ring (bicyclic) bond motifs is 1. The number of imidazole rings is 2. The van der Waals surface area contributed by atoms with E-state index in [1.54, 1.807) is 48.3 Å². The molecule has 0 atom stereocenters. The van der Waals surface area contributed by atoms with Crippen LogP contribution in [0.25, 0.3) is 5.52 Å². The number of ketones is 1. The van der Waals surface area contributed by atoms with Crippen LogP contribution in [0.1, 0.15) is 26.7 Å². The number of hydrogen-bond donors (Lipinski definition) is 1. The Kier molecular flexibility index (Phi) is 4.70. The summed E-state index contributed by atoms with van der Waals surface area (Å²) in [7, 11) is 1.77. The molecule has 4 aromatic rings.